The van der Waals surface area contributed by atoms with E-state index in [0.717, 1.165) is 25.7 Å². The summed E-state index contributed by atoms with van der Waals surface area (Å²) >= 11 is 0. The summed E-state index contributed by atoms with van der Waals surface area (Å²) in [4.78, 5) is 35.8. The molecule has 0 spiro atoms. The van der Waals surface area contributed by atoms with Crippen molar-refractivity contribution in [1.29, 1.82) is 0 Å². The number of carbonyl (C=O) groups is 3. The average molecular weight is 374 g/mol. The summed E-state index contributed by atoms with van der Waals surface area (Å²) in [6, 6.07) is 0. The Labute approximate surface area is 160 Å². The summed E-state index contributed by atoms with van der Waals surface area (Å²) < 4.78 is 0. The van der Waals surface area contributed by atoms with E-state index in [-0.39, 0.29) is 34.9 Å². The molecule has 5 heteroatoms. The number of fused-ring (bicyclic) bond motifs is 5. The van der Waals surface area contributed by atoms with Gasteiger partial charge in [-0.25, -0.2) is 4.79 Å². The van der Waals surface area contributed by atoms with Crippen molar-refractivity contribution in [3.05, 3.63) is 11.6 Å². The Morgan fingerprint density at radius 1 is 1.22 bits per heavy atom. The molecule has 8 atom stereocenters. The minimum Gasteiger partial charge on any atom is -0.475 e. The first kappa shape index (κ1) is 18.9. The van der Waals surface area contributed by atoms with Crippen LogP contribution in [0.4, 0.5) is 0 Å². The largest absolute Gasteiger partial charge is 0.475 e. The first-order valence-electron chi connectivity index (χ1n) is 10.3. The number of hydrogen-bond acceptors (Lipinski definition) is 4. The number of carboxylic acid groups (broad SMARTS) is 1. The van der Waals surface area contributed by atoms with Gasteiger partial charge in [-0.15, -0.1) is 0 Å². The minimum atomic E-state index is -1.35. The number of carbonyl (C=O) groups excluding carboxylic acids is 2. The van der Waals surface area contributed by atoms with E-state index in [0.29, 0.717) is 12.8 Å². The van der Waals surface area contributed by atoms with Gasteiger partial charge in [-0.1, -0.05) is 26.3 Å². The number of aliphatic carboxylic acids is 1. The zero-order chi connectivity index (χ0) is 19.7. The monoisotopic (exact) mass is 374 g/mol. The van der Waals surface area contributed by atoms with Crippen LogP contribution in [-0.4, -0.2) is 33.9 Å². The van der Waals surface area contributed by atoms with Crippen molar-refractivity contribution < 1.29 is 24.6 Å². The van der Waals surface area contributed by atoms with Crippen molar-refractivity contribution in [1.82, 2.24) is 0 Å². The van der Waals surface area contributed by atoms with Crippen LogP contribution in [0.2, 0.25) is 0 Å². The molecule has 0 saturated heterocycles. The van der Waals surface area contributed by atoms with E-state index in [2.05, 4.69) is 6.92 Å². The lowest BCUT2D eigenvalue weighted by Crippen LogP contribution is -2.57. The molecule has 148 valence electrons. The third kappa shape index (κ3) is 2.50. The number of carboxylic acids is 1. The molecule has 0 bridgehead atoms. The summed E-state index contributed by atoms with van der Waals surface area (Å²) in [6.45, 7) is 6.22. The second kappa shape index (κ2) is 6.00. The quantitative estimate of drug-likeness (QED) is 0.725. The SMILES string of the molecule is C[C@@H]1C[C@H]2[C@@H]3CCC4=CC(=O)CC[C@]4(C)[C@H]3[C@@H](O)C[C@]2(C)[C@H]1C(=O)C(=O)O. The molecule has 2 N–H and O–H groups in total. The zero-order valence-electron chi connectivity index (χ0n) is 16.4. The van der Waals surface area contributed by atoms with E-state index in [9.17, 15) is 24.6 Å². The standard InChI is InChI=1S/C22H30O5/c1-11-8-15-14-5-4-12-9-13(23)6-7-21(12,2)18(14)16(24)10-22(15,3)17(11)19(25)20(26)27/h9,11,14-18,24H,4-8,10H2,1-3H3,(H,26,27)/t11-,14+,15+,16+,17-,18-,21+,22+/m1/s1. The summed E-state index contributed by atoms with van der Waals surface area (Å²) in [5, 5.41) is 20.6. The van der Waals surface area contributed by atoms with Crippen LogP contribution < -0.4 is 0 Å². The fourth-order valence-electron chi connectivity index (χ4n) is 7.75. The van der Waals surface area contributed by atoms with Gasteiger partial charge >= 0.3 is 5.97 Å². The van der Waals surface area contributed by atoms with Crippen LogP contribution >= 0.6 is 0 Å². The van der Waals surface area contributed by atoms with Crippen LogP contribution in [0.3, 0.4) is 0 Å². The van der Waals surface area contributed by atoms with Crippen LogP contribution in [-0.2, 0) is 14.4 Å². The van der Waals surface area contributed by atoms with Gasteiger partial charge in [0.25, 0.3) is 0 Å². The van der Waals surface area contributed by atoms with Crippen molar-refractivity contribution in [2.45, 2.75) is 65.4 Å². The summed E-state index contributed by atoms with van der Waals surface area (Å²) in [5.41, 5.74) is 0.569. The number of Topliss-reactive ketones (excluding diaryl/α,β-unsaturated/α-hetero) is 1. The lowest BCUT2D eigenvalue weighted by molar-refractivity contribution is -0.159. The Morgan fingerprint density at radius 3 is 2.59 bits per heavy atom. The molecular formula is C22H30O5. The molecule has 27 heavy (non-hydrogen) atoms. The van der Waals surface area contributed by atoms with Crippen LogP contribution in [0.1, 0.15) is 59.3 Å². The number of aliphatic hydroxyl groups is 1. The Morgan fingerprint density at radius 2 is 1.93 bits per heavy atom. The van der Waals surface area contributed by atoms with E-state index in [1.54, 1.807) is 0 Å². The second-order valence-corrected chi connectivity index (χ2v) is 10.0. The molecule has 0 aromatic rings. The lowest BCUT2D eigenvalue weighted by atomic mass is 9.46. The molecule has 0 radical (unpaired) electrons. The maximum absolute atomic E-state index is 12.5. The fraction of sp³-hybridized carbons (Fsp3) is 0.773. The first-order chi connectivity index (χ1) is 12.6. The number of ketones is 2. The third-order valence-electron chi connectivity index (χ3n) is 8.73. The van der Waals surface area contributed by atoms with Gasteiger partial charge < -0.3 is 10.2 Å². The van der Waals surface area contributed by atoms with Gasteiger partial charge in [-0.05, 0) is 72.7 Å². The number of rotatable bonds is 2. The third-order valence-corrected chi connectivity index (χ3v) is 8.73. The Kier molecular flexibility index (Phi) is 4.19. The summed E-state index contributed by atoms with van der Waals surface area (Å²) in [7, 11) is 0. The predicted octanol–water partition coefficient (Wildman–Crippen LogP) is 3.01. The Bertz CT molecular complexity index is 739. The van der Waals surface area contributed by atoms with Gasteiger partial charge in [0.05, 0.1) is 6.10 Å². The van der Waals surface area contributed by atoms with Gasteiger partial charge in [0.15, 0.2) is 5.78 Å². The number of hydrogen-bond donors (Lipinski definition) is 2. The van der Waals surface area contributed by atoms with Crippen molar-refractivity contribution in [3.8, 4) is 0 Å². The van der Waals surface area contributed by atoms with E-state index in [4.69, 9.17) is 0 Å². The summed E-state index contributed by atoms with van der Waals surface area (Å²) in [5.74, 6) is -1.72. The molecule has 0 heterocycles. The molecule has 4 aliphatic rings. The number of aliphatic hydroxyl groups excluding tert-OH is 1. The smallest absolute Gasteiger partial charge is 0.372 e. The molecule has 0 aromatic carbocycles. The van der Waals surface area contributed by atoms with Crippen molar-refractivity contribution in [2.75, 3.05) is 0 Å². The van der Waals surface area contributed by atoms with Crippen LogP contribution in [0, 0.1) is 40.4 Å². The van der Waals surface area contributed by atoms with Crippen molar-refractivity contribution in [2.24, 2.45) is 40.4 Å². The van der Waals surface area contributed by atoms with Crippen LogP contribution in [0.25, 0.3) is 0 Å². The average Bonchev–Trinajstić information content (AvgIpc) is 2.84. The number of allylic oxidation sites excluding steroid dienone is 1. The predicted molar refractivity (Wildman–Crippen MR) is 98.8 cm³/mol. The van der Waals surface area contributed by atoms with Gasteiger partial charge in [-0.3, -0.25) is 9.59 Å². The minimum absolute atomic E-state index is 0.0206. The van der Waals surface area contributed by atoms with Gasteiger partial charge in [0.1, 0.15) is 0 Å². The molecule has 4 rings (SSSR count). The maximum Gasteiger partial charge on any atom is 0.372 e. The maximum atomic E-state index is 12.5. The topological polar surface area (TPSA) is 91.7 Å². The molecule has 0 aromatic heterocycles. The molecule has 0 aliphatic heterocycles. The zero-order valence-corrected chi connectivity index (χ0v) is 16.4. The van der Waals surface area contributed by atoms with Gasteiger partial charge in [0.2, 0.25) is 5.78 Å². The molecule has 0 unspecified atom stereocenters. The van der Waals surface area contributed by atoms with Crippen LogP contribution in [0.5, 0.6) is 0 Å². The second-order valence-electron chi connectivity index (χ2n) is 10.0. The van der Waals surface area contributed by atoms with Gasteiger partial charge in [-0.2, -0.15) is 0 Å². The van der Waals surface area contributed by atoms with E-state index in [1.165, 1.54) is 5.57 Å². The fourth-order valence-corrected chi connectivity index (χ4v) is 7.75. The van der Waals surface area contributed by atoms with E-state index < -0.39 is 29.2 Å². The summed E-state index contributed by atoms with van der Waals surface area (Å²) in [6.07, 6.45) is 5.68. The Hall–Kier alpha value is -1.49. The highest BCUT2D eigenvalue weighted by Gasteiger charge is 2.65. The molecule has 3 saturated carbocycles. The lowest BCUT2D eigenvalue weighted by Gasteiger charge is -2.59. The highest BCUT2D eigenvalue weighted by Crippen LogP contribution is 2.67. The van der Waals surface area contributed by atoms with Crippen molar-refractivity contribution >= 4 is 17.5 Å². The molecule has 3 fully saturated rings. The molecule has 4 aliphatic carbocycles. The normalized spacial score (nSPS) is 48.9. The highest BCUT2D eigenvalue weighted by atomic mass is 16.4. The highest BCUT2D eigenvalue weighted by molar-refractivity contribution is 6.33. The van der Waals surface area contributed by atoms with Crippen molar-refractivity contribution in [3.63, 3.8) is 0 Å². The van der Waals surface area contributed by atoms with E-state index >= 15 is 0 Å². The molecule has 0 amide bonds. The molecular weight excluding hydrogens is 344 g/mol. The first-order valence-corrected chi connectivity index (χ1v) is 10.3. The molecule has 5 nitrogen and oxygen atoms in total. The van der Waals surface area contributed by atoms with E-state index in [1.807, 2.05) is 19.9 Å². The van der Waals surface area contributed by atoms with Gasteiger partial charge in [0, 0.05) is 12.3 Å². The Balaban J connectivity index is 1.73. The van der Waals surface area contributed by atoms with Crippen LogP contribution in [0.15, 0.2) is 11.6 Å².